The van der Waals surface area contributed by atoms with Crippen molar-refractivity contribution in [1.29, 1.82) is 0 Å². The number of nitrogens with one attached hydrogen (secondary N) is 1. The number of aromatic nitrogens is 4. The molecule has 35 heavy (non-hydrogen) atoms. The Bertz CT molecular complexity index is 1430. The molecule has 182 valence electrons. The van der Waals surface area contributed by atoms with E-state index in [9.17, 15) is 18.0 Å². The van der Waals surface area contributed by atoms with Gasteiger partial charge < -0.3 is 24.1 Å². The lowest BCUT2D eigenvalue weighted by molar-refractivity contribution is -0.139. The normalized spacial score (nSPS) is 18.3. The highest BCUT2D eigenvalue weighted by Crippen LogP contribution is 2.33. The number of imidazole rings is 1. The maximum Gasteiger partial charge on any atom is 0.417 e. The molecular weight excluding hydrogens is 491 g/mol. The number of carboxylic acids is 1. The summed E-state index contributed by atoms with van der Waals surface area (Å²) in [4.78, 5) is 19.6. The van der Waals surface area contributed by atoms with Crippen LogP contribution in [0.15, 0.2) is 41.2 Å². The number of ether oxygens (including phenoxy) is 1. The monoisotopic (exact) mass is 507 g/mol. The molecule has 1 saturated heterocycles. The zero-order valence-electron chi connectivity index (χ0n) is 18.0. The first-order chi connectivity index (χ1) is 16.6. The van der Waals surface area contributed by atoms with Crippen LogP contribution < -0.4 is 10.1 Å². The van der Waals surface area contributed by atoms with Gasteiger partial charge in [0.1, 0.15) is 23.6 Å². The van der Waals surface area contributed by atoms with Crippen molar-refractivity contribution in [3.05, 3.63) is 52.8 Å². The lowest BCUT2D eigenvalue weighted by atomic mass is 10.1. The molecular formula is C22H17ClF3N5O4. The molecule has 0 aliphatic carbocycles. The van der Waals surface area contributed by atoms with Crippen LogP contribution in [-0.2, 0) is 11.0 Å². The van der Waals surface area contributed by atoms with Crippen LogP contribution in [0, 0.1) is 6.92 Å². The van der Waals surface area contributed by atoms with Crippen LogP contribution in [-0.4, -0.2) is 49.3 Å². The Labute approximate surface area is 200 Å². The fourth-order valence-corrected chi connectivity index (χ4v) is 4.14. The van der Waals surface area contributed by atoms with Crippen LogP contribution in [0.25, 0.3) is 28.6 Å². The van der Waals surface area contributed by atoms with Gasteiger partial charge in [-0.25, -0.2) is 4.98 Å². The number of aliphatic carboxylic acids is 1. The number of carbonyl (C=O) groups is 1. The maximum absolute atomic E-state index is 13.1. The number of pyridine rings is 1. The van der Waals surface area contributed by atoms with Crippen LogP contribution in [0.4, 0.5) is 13.2 Å². The molecule has 0 saturated carbocycles. The summed E-state index contributed by atoms with van der Waals surface area (Å²) in [7, 11) is 0. The van der Waals surface area contributed by atoms with E-state index in [1.165, 1.54) is 6.20 Å². The lowest BCUT2D eigenvalue weighted by Gasteiger charge is -2.13. The molecule has 1 aromatic carbocycles. The smallest absolute Gasteiger partial charge is 0.417 e. The lowest BCUT2D eigenvalue weighted by Crippen LogP contribution is -2.30. The number of rotatable bonds is 5. The van der Waals surface area contributed by atoms with Crippen molar-refractivity contribution in [3.8, 4) is 28.7 Å². The number of halogens is 4. The number of hydrogen-bond acceptors (Lipinski definition) is 7. The molecule has 3 aromatic heterocycles. The summed E-state index contributed by atoms with van der Waals surface area (Å²) >= 11 is 6.00. The van der Waals surface area contributed by atoms with Gasteiger partial charge in [0.2, 0.25) is 5.82 Å². The molecule has 9 nitrogen and oxygen atoms in total. The van der Waals surface area contributed by atoms with E-state index in [0.717, 1.165) is 22.2 Å². The Morgan fingerprint density at radius 1 is 1.29 bits per heavy atom. The minimum absolute atomic E-state index is 0.0183. The van der Waals surface area contributed by atoms with Crippen LogP contribution >= 0.6 is 11.6 Å². The molecule has 1 aliphatic heterocycles. The second kappa shape index (κ2) is 8.54. The van der Waals surface area contributed by atoms with Gasteiger partial charge in [0, 0.05) is 30.9 Å². The number of hydrogen-bond donors (Lipinski definition) is 2. The van der Waals surface area contributed by atoms with E-state index in [1.54, 1.807) is 18.2 Å². The fourth-order valence-electron chi connectivity index (χ4n) is 3.89. The van der Waals surface area contributed by atoms with Crippen molar-refractivity contribution in [2.24, 2.45) is 0 Å². The topological polar surface area (TPSA) is 115 Å². The minimum Gasteiger partial charge on any atom is -0.489 e. The van der Waals surface area contributed by atoms with Crippen molar-refractivity contribution < 1.29 is 32.3 Å². The Hall–Kier alpha value is -3.64. The van der Waals surface area contributed by atoms with Crippen molar-refractivity contribution in [2.75, 3.05) is 6.54 Å². The number of alkyl halides is 3. The first-order valence-corrected chi connectivity index (χ1v) is 10.8. The highest BCUT2D eigenvalue weighted by atomic mass is 35.5. The van der Waals surface area contributed by atoms with Crippen LogP contribution in [0.1, 0.15) is 17.5 Å². The molecule has 5 rings (SSSR count). The third kappa shape index (κ3) is 4.54. The van der Waals surface area contributed by atoms with Gasteiger partial charge in [0.05, 0.1) is 10.6 Å². The second-order valence-corrected chi connectivity index (χ2v) is 8.51. The zero-order valence-corrected chi connectivity index (χ0v) is 18.8. The average molecular weight is 508 g/mol. The third-order valence-corrected chi connectivity index (χ3v) is 5.89. The van der Waals surface area contributed by atoms with Crippen LogP contribution in [0.2, 0.25) is 5.02 Å². The maximum atomic E-state index is 13.1. The van der Waals surface area contributed by atoms with E-state index in [1.807, 2.05) is 6.92 Å². The first-order valence-electron chi connectivity index (χ1n) is 10.4. The third-order valence-electron chi connectivity index (χ3n) is 5.61. The molecule has 0 bridgehead atoms. The summed E-state index contributed by atoms with van der Waals surface area (Å²) in [6, 6.07) is 5.42. The van der Waals surface area contributed by atoms with Crippen molar-refractivity contribution in [3.63, 3.8) is 0 Å². The molecule has 0 amide bonds. The van der Waals surface area contributed by atoms with Gasteiger partial charge in [0.15, 0.2) is 5.65 Å². The van der Waals surface area contributed by atoms with E-state index >= 15 is 0 Å². The van der Waals surface area contributed by atoms with Gasteiger partial charge in [-0.15, -0.1) is 0 Å². The largest absolute Gasteiger partial charge is 0.489 e. The molecule has 2 atom stereocenters. The Morgan fingerprint density at radius 2 is 2.09 bits per heavy atom. The number of fused-ring (bicyclic) bond motifs is 1. The quantitative estimate of drug-likeness (QED) is 0.412. The predicted molar refractivity (Wildman–Crippen MR) is 117 cm³/mol. The van der Waals surface area contributed by atoms with E-state index in [-0.39, 0.29) is 34.2 Å². The fraction of sp³-hybridized carbons (Fsp3) is 0.273. The molecule has 0 radical (unpaired) electrons. The van der Waals surface area contributed by atoms with Gasteiger partial charge in [-0.2, -0.15) is 18.2 Å². The summed E-state index contributed by atoms with van der Waals surface area (Å²) in [5, 5.41) is 15.8. The molecule has 0 spiro atoms. The predicted octanol–water partition coefficient (Wildman–Crippen LogP) is 4.23. The van der Waals surface area contributed by atoms with E-state index in [0.29, 0.717) is 24.3 Å². The van der Waals surface area contributed by atoms with E-state index < -0.39 is 23.8 Å². The molecule has 1 fully saturated rings. The SMILES string of the molecule is Cc1cc(O[C@@H]2CN[C@H](C(=O)O)C2)ccc1-c1noc(-c2cn3cc(C(F)(F)F)cc(Cl)c3n2)n1. The molecule has 4 aromatic rings. The first kappa shape index (κ1) is 23.1. The van der Waals surface area contributed by atoms with E-state index in [4.69, 9.17) is 26.0 Å². The van der Waals surface area contributed by atoms with Crippen LogP contribution in [0.5, 0.6) is 5.75 Å². The number of benzene rings is 1. The number of nitrogens with zero attached hydrogens (tertiary/aromatic N) is 4. The van der Waals surface area contributed by atoms with Gasteiger partial charge in [0.25, 0.3) is 5.89 Å². The molecule has 0 unspecified atom stereocenters. The van der Waals surface area contributed by atoms with Crippen molar-refractivity contribution in [1.82, 2.24) is 24.8 Å². The highest BCUT2D eigenvalue weighted by molar-refractivity contribution is 6.33. The molecule has 1 aliphatic rings. The summed E-state index contributed by atoms with van der Waals surface area (Å²) < 4.78 is 51.6. The molecule has 13 heteroatoms. The van der Waals surface area contributed by atoms with E-state index in [2.05, 4.69) is 20.4 Å². The zero-order chi connectivity index (χ0) is 24.9. The van der Waals surface area contributed by atoms with Crippen molar-refractivity contribution in [2.45, 2.75) is 31.7 Å². The van der Waals surface area contributed by atoms with Crippen LogP contribution in [0.3, 0.4) is 0 Å². The Balaban J connectivity index is 1.37. The number of carboxylic acid groups (broad SMARTS) is 1. The summed E-state index contributed by atoms with van der Waals surface area (Å²) in [6.45, 7) is 2.26. The Morgan fingerprint density at radius 3 is 2.77 bits per heavy atom. The second-order valence-electron chi connectivity index (χ2n) is 8.11. The number of aryl methyl sites for hydroxylation is 1. The average Bonchev–Trinajstić information content (AvgIpc) is 3.52. The van der Waals surface area contributed by atoms with Gasteiger partial charge in [-0.1, -0.05) is 16.8 Å². The van der Waals surface area contributed by atoms with Gasteiger partial charge in [-0.3, -0.25) is 4.79 Å². The summed E-state index contributed by atoms with van der Waals surface area (Å²) in [6.07, 6.45) is -2.25. The summed E-state index contributed by atoms with van der Waals surface area (Å²) in [5.41, 5.74) is 0.822. The van der Waals surface area contributed by atoms with Gasteiger partial charge in [-0.05, 0) is 36.8 Å². The Kier molecular flexibility index (Phi) is 5.64. The highest BCUT2D eigenvalue weighted by Gasteiger charge is 2.32. The summed E-state index contributed by atoms with van der Waals surface area (Å²) in [5.74, 6) is -0.0612. The molecule has 4 heterocycles. The minimum atomic E-state index is -4.56. The standard InChI is InChI=1S/C22H17ClF3N5O4/c1-10-4-12(34-13-6-16(21(32)33)27-7-13)2-3-14(10)18-29-20(35-30-18)17-9-31-8-11(22(24,25)26)5-15(23)19(31)28-17/h2-5,8-9,13,16,27H,6-7H2,1H3,(H,32,33)/t13-,16-/m0/s1. The molecule has 2 N–H and O–H groups in total. The van der Waals surface area contributed by atoms with Gasteiger partial charge >= 0.3 is 12.1 Å². The van der Waals surface area contributed by atoms with Crippen molar-refractivity contribution >= 4 is 23.2 Å².